The molecule has 0 aliphatic carbocycles. The Balaban J connectivity index is 2.45. The molecule has 0 bridgehead atoms. The van der Waals surface area contributed by atoms with E-state index in [-0.39, 0.29) is 0 Å². The van der Waals surface area contributed by atoms with E-state index in [1.807, 2.05) is 6.92 Å². The maximum absolute atomic E-state index is 10.6. The fraction of sp³-hybridized carbons (Fsp3) is 0.200. The van der Waals surface area contributed by atoms with Crippen molar-refractivity contribution >= 4 is 17.4 Å². The molecule has 1 N–H and O–H groups in total. The molecule has 0 amide bonds. The highest BCUT2D eigenvalue weighted by Gasteiger charge is 2.13. The summed E-state index contributed by atoms with van der Waals surface area (Å²) >= 11 is 0. The molecule has 3 heteroatoms. The lowest BCUT2D eigenvalue weighted by Crippen LogP contribution is -1.97. The van der Waals surface area contributed by atoms with E-state index in [0.29, 0.717) is 5.56 Å². The van der Waals surface area contributed by atoms with Gasteiger partial charge in [-0.15, -0.1) is 0 Å². The molecule has 0 saturated carbocycles. The average Bonchev–Trinajstić information content (AvgIpc) is 2.42. The van der Waals surface area contributed by atoms with Gasteiger partial charge in [0.2, 0.25) is 0 Å². The van der Waals surface area contributed by atoms with Crippen LogP contribution < -0.4 is 0 Å². The summed E-state index contributed by atoms with van der Waals surface area (Å²) in [4.78, 5) is 14.9. The van der Waals surface area contributed by atoms with Crippen molar-refractivity contribution in [2.45, 2.75) is 13.3 Å². The summed E-state index contributed by atoms with van der Waals surface area (Å²) < 4.78 is 0. The molecule has 3 nitrogen and oxygen atoms in total. The van der Waals surface area contributed by atoms with Gasteiger partial charge in [-0.25, -0.2) is 4.79 Å². The zero-order valence-corrected chi connectivity index (χ0v) is 7.24. The summed E-state index contributed by atoms with van der Waals surface area (Å²) in [6.07, 6.45) is 0.774. The summed E-state index contributed by atoms with van der Waals surface area (Å²) in [5.74, 6) is -0.882. The Bertz CT molecular complexity index is 407. The first-order chi connectivity index (χ1) is 6.16. The van der Waals surface area contributed by atoms with Crippen LogP contribution in [0, 0.1) is 0 Å². The number of aromatic carboxylic acids is 1. The molecule has 1 heterocycles. The van der Waals surface area contributed by atoms with E-state index in [1.54, 1.807) is 18.2 Å². The minimum atomic E-state index is -0.882. The number of aliphatic imine (C=N–C) groups is 1. The number of fused-ring (bicyclic) bond motifs is 1. The maximum atomic E-state index is 10.6. The molecule has 0 aromatic heterocycles. The first-order valence-corrected chi connectivity index (χ1v) is 4.07. The van der Waals surface area contributed by atoms with Crippen molar-refractivity contribution in [3.63, 3.8) is 0 Å². The van der Waals surface area contributed by atoms with Gasteiger partial charge in [-0.2, -0.15) is 0 Å². The number of carbonyl (C=O) groups is 1. The molecule has 66 valence electrons. The van der Waals surface area contributed by atoms with Crippen LogP contribution in [-0.2, 0) is 6.42 Å². The molecule has 13 heavy (non-hydrogen) atoms. The standard InChI is InChI=1S/C10H9NO2/c1-6-4-8-5-7(10(12)13)2-3-9(8)11-6/h2-3,5H,4H2,1H3,(H,12,13). The molecule has 0 radical (unpaired) electrons. The molecule has 0 saturated heterocycles. The van der Waals surface area contributed by atoms with Crippen LogP contribution in [0.15, 0.2) is 23.2 Å². The number of benzene rings is 1. The van der Waals surface area contributed by atoms with Gasteiger partial charge in [0.25, 0.3) is 0 Å². The van der Waals surface area contributed by atoms with Crippen LogP contribution in [0.3, 0.4) is 0 Å². The molecule has 0 atom stereocenters. The Morgan fingerprint density at radius 3 is 3.00 bits per heavy atom. The van der Waals surface area contributed by atoms with Crippen molar-refractivity contribution in [2.24, 2.45) is 4.99 Å². The number of carboxylic acids is 1. The van der Waals surface area contributed by atoms with E-state index in [2.05, 4.69) is 4.99 Å². The van der Waals surface area contributed by atoms with Crippen molar-refractivity contribution in [2.75, 3.05) is 0 Å². The Morgan fingerprint density at radius 2 is 2.31 bits per heavy atom. The fourth-order valence-electron chi connectivity index (χ4n) is 1.49. The van der Waals surface area contributed by atoms with Crippen molar-refractivity contribution in [1.29, 1.82) is 0 Å². The van der Waals surface area contributed by atoms with Crippen molar-refractivity contribution in [3.8, 4) is 0 Å². The highest BCUT2D eigenvalue weighted by Crippen LogP contribution is 2.27. The van der Waals surface area contributed by atoms with Gasteiger partial charge in [0.1, 0.15) is 0 Å². The normalized spacial score (nSPS) is 13.8. The molecule has 0 spiro atoms. The molecule has 1 aliphatic heterocycles. The fourth-order valence-corrected chi connectivity index (χ4v) is 1.49. The maximum Gasteiger partial charge on any atom is 0.335 e. The summed E-state index contributed by atoms with van der Waals surface area (Å²) in [6.45, 7) is 1.94. The molecule has 2 rings (SSSR count). The van der Waals surface area contributed by atoms with Gasteiger partial charge in [-0.3, -0.25) is 4.99 Å². The Kier molecular flexibility index (Phi) is 1.65. The minimum Gasteiger partial charge on any atom is -0.478 e. The number of rotatable bonds is 1. The van der Waals surface area contributed by atoms with E-state index in [1.165, 1.54) is 0 Å². The van der Waals surface area contributed by atoms with Crippen LogP contribution in [0.5, 0.6) is 0 Å². The molecular formula is C10H9NO2. The van der Waals surface area contributed by atoms with Gasteiger partial charge in [0.15, 0.2) is 0 Å². The minimum absolute atomic E-state index is 0.337. The van der Waals surface area contributed by atoms with E-state index < -0.39 is 5.97 Å². The molecular weight excluding hydrogens is 166 g/mol. The van der Waals surface area contributed by atoms with Crippen LogP contribution in [0.1, 0.15) is 22.8 Å². The van der Waals surface area contributed by atoms with E-state index in [0.717, 1.165) is 23.4 Å². The Labute approximate surface area is 75.7 Å². The van der Waals surface area contributed by atoms with Gasteiger partial charge >= 0.3 is 5.97 Å². The highest BCUT2D eigenvalue weighted by molar-refractivity contribution is 5.94. The average molecular weight is 175 g/mol. The molecule has 0 fully saturated rings. The predicted molar refractivity (Wildman–Crippen MR) is 49.9 cm³/mol. The second-order valence-electron chi connectivity index (χ2n) is 3.17. The third kappa shape index (κ3) is 1.33. The lowest BCUT2D eigenvalue weighted by Gasteiger charge is -1.98. The number of nitrogens with zero attached hydrogens (tertiary/aromatic N) is 1. The molecule has 1 aliphatic rings. The first kappa shape index (κ1) is 7.98. The Morgan fingerprint density at radius 1 is 1.54 bits per heavy atom. The van der Waals surface area contributed by atoms with Crippen LogP contribution >= 0.6 is 0 Å². The summed E-state index contributed by atoms with van der Waals surface area (Å²) in [5.41, 5.74) is 3.29. The molecule has 0 unspecified atom stereocenters. The van der Waals surface area contributed by atoms with Gasteiger partial charge in [-0.1, -0.05) is 0 Å². The third-order valence-electron chi connectivity index (χ3n) is 2.08. The van der Waals surface area contributed by atoms with Crippen LogP contribution in [0.2, 0.25) is 0 Å². The molecule has 1 aromatic carbocycles. The topological polar surface area (TPSA) is 49.7 Å². The van der Waals surface area contributed by atoms with Crippen molar-refractivity contribution in [1.82, 2.24) is 0 Å². The lowest BCUT2D eigenvalue weighted by molar-refractivity contribution is 0.0697. The molecule has 1 aromatic rings. The van der Waals surface area contributed by atoms with E-state index in [4.69, 9.17) is 5.11 Å². The number of hydrogen-bond donors (Lipinski definition) is 1. The lowest BCUT2D eigenvalue weighted by atomic mass is 10.1. The smallest absolute Gasteiger partial charge is 0.335 e. The summed E-state index contributed by atoms with van der Waals surface area (Å²) in [7, 11) is 0. The summed E-state index contributed by atoms with van der Waals surface area (Å²) in [6, 6.07) is 5.04. The first-order valence-electron chi connectivity index (χ1n) is 4.07. The van der Waals surface area contributed by atoms with Gasteiger partial charge in [-0.05, 0) is 30.7 Å². The van der Waals surface area contributed by atoms with E-state index >= 15 is 0 Å². The SMILES string of the molecule is CC1=Nc2ccc(C(=O)O)cc2C1. The zero-order valence-electron chi connectivity index (χ0n) is 7.24. The van der Waals surface area contributed by atoms with Crippen LogP contribution in [0.4, 0.5) is 5.69 Å². The van der Waals surface area contributed by atoms with Gasteiger partial charge < -0.3 is 5.11 Å². The van der Waals surface area contributed by atoms with Gasteiger partial charge in [0.05, 0.1) is 11.3 Å². The zero-order chi connectivity index (χ0) is 9.42. The van der Waals surface area contributed by atoms with Crippen molar-refractivity contribution in [3.05, 3.63) is 29.3 Å². The number of hydrogen-bond acceptors (Lipinski definition) is 2. The second-order valence-corrected chi connectivity index (χ2v) is 3.17. The second kappa shape index (κ2) is 2.69. The monoisotopic (exact) mass is 175 g/mol. The highest BCUT2D eigenvalue weighted by atomic mass is 16.4. The predicted octanol–water partition coefficient (Wildman–Crippen LogP) is 2.03. The Hall–Kier alpha value is -1.64. The quantitative estimate of drug-likeness (QED) is 0.709. The largest absolute Gasteiger partial charge is 0.478 e. The third-order valence-corrected chi connectivity index (χ3v) is 2.08. The number of carboxylic acid groups (broad SMARTS) is 1. The van der Waals surface area contributed by atoms with Crippen molar-refractivity contribution < 1.29 is 9.90 Å². The van der Waals surface area contributed by atoms with E-state index in [9.17, 15) is 4.79 Å². The van der Waals surface area contributed by atoms with Gasteiger partial charge in [0, 0.05) is 12.1 Å². The summed E-state index contributed by atoms with van der Waals surface area (Å²) in [5, 5.41) is 8.74. The van der Waals surface area contributed by atoms with Crippen LogP contribution in [-0.4, -0.2) is 16.8 Å². The van der Waals surface area contributed by atoms with Crippen LogP contribution in [0.25, 0.3) is 0 Å².